The van der Waals surface area contributed by atoms with Gasteiger partial charge in [-0.2, -0.15) is 5.10 Å². The minimum Gasteiger partial charge on any atom is -0.497 e. The highest BCUT2D eigenvalue weighted by atomic mass is 16.5. The first-order chi connectivity index (χ1) is 11.7. The fraction of sp³-hybridized carbons (Fsp3) is 0.389. The molecule has 0 saturated heterocycles. The van der Waals surface area contributed by atoms with Crippen molar-refractivity contribution in [1.82, 2.24) is 9.78 Å². The van der Waals surface area contributed by atoms with E-state index in [1.807, 2.05) is 20.8 Å². The molecule has 0 fully saturated rings. The Morgan fingerprint density at radius 2 is 1.84 bits per heavy atom. The summed E-state index contributed by atoms with van der Waals surface area (Å²) in [6.07, 6.45) is 1.64. The van der Waals surface area contributed by atoms with Crippen LogP contribution in [0.1, 0.15) is 38.2 Å². The highest BCUT2D eigenvalue weighted by molar-refractivity contribution is 5.95. The molecule has 1 heterocycles. The van der Waals surface area contributed by atoms with Gasteiger partial charge in [-0.25, -0.2) is 0 Å². The predicted molar refractivity (Wildman–Crippen MR) is 94.3 cm³/mol. The summed E-state index contributed by atoms with van der Waals surface area (Å²) < 4.78 is 12.2. The number of carbonyl (C=O) groups is 2. The minimum atomic E-state index is -0.330. The molecule has 0 bridgehead atoms. The Morgan fingerprint density at radius 1 is 1.20 bits per heavy atom. The molecule has 1 amide bonds. The first kappa shape index (κ1) is 18.5. The summed E-state index contributed by atoms with van der Waals surface area (Å²) in [5.41, 5.74) is 0.552. The summed E-state index contributed by atoms with van der Waals surface area (Å²) in [4.78, 5) is 23.8. The third-order valence-corrected chi connectivity index (χ3v) is 3.43. The number of ketones is 1. The second-order valence-corrected chi connectivity index (χ2v) is 6.58. The third kappa shape index (κ3) is 4.82. The van der Waals surface area contributed by atoms with Gasteiger partial charge < -0.3 is 14.8 Å². The Kier molecular flexibility index (Phi) is 5.46. The van der Waals surface area contributed by atoms with E-state index < -0.39 is 0 Å². The van der Waals surface area contributed by atoms with E-state index in [4.69, 9.17) is 9.47 Å². The number of aromatic nitrogens is 2. The van der Waals surface area contributed by atoms with Crippen LogP contribution in [0.4, 0.5) is 5.69 Å². The SMILES string of the molecule is COc1ccc(NC(=O)COc2cn(C(C)(C)C)nc2C(C)=O)cc1. The lowest BCUT2D eigenvalue weighted by molar-refractivity contribution is -0.118. The molecule has 0 aliphatic carbocycles. The second kappa shape index (κ2) is 7.38. The zero-order valence-electron chi connectivity index (χ0n) is 15.1. The molecule has 1 aromatic heterocycles. The number of anilines is 1. The third-order valence-electron chi connectivity index (χ3n) is 3.43. The quantitative estimate of drug-likeness (QED) is 0.814. The first-order valence-electron chi connectivity index (χ1n) is 7.88. The molecule has 2 aromatic rings. The molecule has 0 radical (unpaired) electrons. The summed E-state index contributed by atoms with van der Waals surface area (Å²) in [6.45, 7) is 7.08. The highest BCUT2D eigenvalue weighted by Crippen LogP contribution is 2.23. The van der Waals surface area contributed by atoms with Crippen LogP contribution in [0.3, 0.4) is 0 Å². The molecular weight excluding hydrogens is 322 g/mol. The topological polar surface area (TPSA) is 82.4 Å². The van der Waals surface area contributed by atoms with E-state index in [-0.39, 0.29) is 29.5 Å². The smallest absolute Gasteiger partial charge is 0.262 e. The number of hydrogen-bond donors (Lipinski definition) is 1. The Labute approximate surface area is 146 Å². The number of carbonyl (C=O) groups excluding carboxylic acids is 2. The van der Waals surface area contributed by atoms with E-state index >= 15 is 0 Å². The number of rotatable bonds is 6. The normalized spacial score (nSPS) is 11.1. The molecule has 0 saturated carbocycles. The van der Waals surface area contributed by atoms with Crippen molar-refractivity contribution in [3.8, 4) is 11.5 Å². The van der Waals surface area contributed by atoms with Gasteiger partial charge in [0.15, 0.2) is 23.8 Å². The highest BCUT2D eigenvalue weighted by Gasteiger charge is 2.21. The number of hydrogen-bond acceptors (Lipinski definition) is 5. The van der Waals surface area contributed by atoms with Gasteiger partial charge >= 0.3 is 0 Å². The van der Waals surface area contributed by atoms with Crippen LogP contribution in [0.15, 0.2) is 30.5 Å². The molecule has 134 valence electrons. The summed E-state index contributed by atoms with van der Waals surface area (Å²) in [6, 6.07) is 6.96. The lowest BCUT2D eigenvalue weighted by Gasteiger charge is -2.18. The molecule has 1 N–H and O–H groups in total. The van der Waals surface area contributed by atoms with Gasteiger partial charge in [0.2, 0.25) is 0 Å². The average Bonchev–Trinajstić information content (AvgIpc) is 2.98. The van der Waals surface area contributed by atoms with Gasteiger partial charge in [-0.1, -0.05) is 0 Å². The van der Waals surface area contributed by atoms with Crippen molar-refractivity contribution in [2.75, 3.05) is 19.0 Å². The summed E-state index contributed by atoms with van der Waals surface area (Å²) >= 11 is 0. The maximum Gasteiger partial charge on any atom is 0.262 e. The molecule has 25 heavy (non-hydrogen) atoms. The van der Waals surface area contributed by atoms with E-state index in [0.29, 0.717) is 17.2 Å². The molecule has 0 aliphatic heterocycles. The molecule has 0 aliphatic rings. The molecule has 7 heteroatoms. The minimum absolute atomic E-state index is 0.214. The van der Waals surface area contributed by atoms with Crippen LogP contribution < -0.4 is 14.8 Å². The standard InChI is InChI=1S/C18H23N3O4/c1-12(22)17-15(10-21(20-17)18(2,3)4)25-11-16(23)19-13-6-8-14(24-5)9-7-13/h6-10H,11H2,1-5H3,(H,19,23). The number of ether oxygens (including phenoxy) is 2. The van der Waals surface area contributed by atoms with Crippen LogP contribution in [-0.2, 0) is 10.3 Å². The van der Waals surface area contributed by atoms with Crippen LogP contribution in [0.25, 0.3) is 0 Å². The lowest BCUT2D eigenvalue weighted by atomic mass is 10.1. The zero-order chi connectivity index (χ0) is 18.6. The van der Waals surface area contributed by atoms with Crippen molar-refractivity contribution in [1.29, 1.82) is 0 Å². The number of nitrogens with zero attached hydrogens (tertiary/aromatic N) is 2. The van der Waals surface area contributed by atoms with Crippen molar-refractivity contribution in [3.05, 3.63) is 36.2 Å². The average molecular weight is 345 g/mol. The molecule has 1 aromatic carbocycles. The number of methoxy groups -OCH3 is 1. The molecule has 0 unspecified atom stereocenters. The van der Waals surface area contributed by atoms with Gasteiger partial charge in [0.05, 0.1) is 18.8 Å². The van der Waals surface area contributed by atoms with Crippen LogP contribution >= 0.6 is 0 Å². The largest absolute Gasteiger partial charge is 0.497 e. The molecule has 7 nitrogen and oxygen atoms in total. The fourth-order valence-electron chi connectivity index (χ4n) is 2.07. The summed E-state index contributed by atoms with van der Waals surface area (Å²) in [5.74, 6) is 0.457. The second-order valence-electron chi connectivity index (χ2n) is 6.58. The van der Waals surface area contributed by atoms with Crippen molar-refractivity contribution >= 4 is 17.4 Å². The van der Waals surface area contributed by atoms with E-state index in [2.05, 4.69) is 10.4 Å². The van der Waals surface area contributed by atoms with Crippen molar-refractivity contribution in [3.63, 3.8) is 0 Å². The maximum atomic E-state index is 12.0. The Morgan fingerprint density at radius 3 is 2.36 bits per heavy atom. The van der Waals surface area contributed by atoms with Gasteiger partial charge in [0.1, 0.15) is 5.75 Å². The maximum absolute atomic E-state index is 12.0. The van der Waals surface area contributed by atoms with E-state index in [1.54, 1.807) is 42.3 Å². The van der Waals surface area contributed by atoms with E-state index in [0.717, 1.165) is 0 Å². The Balaban J connectivity index is 2.03. The van der Waals surface area contributed by atoms with E-state index in [1.165, 1.54) is 6.92 Å². The van der Waals surface area contributed by atoms with Gasteiger partial charge in [0.25, 0.3) is 5.91 Å². The number of amides is 1. The molecule has 0 atom stereocenters. The van der Waals surface area contributed by atoms with Crippen LogP contribution in [0.5, 0.6) is 11.5 Å². The van der Waals surface area contributed by atoms with Crippen molar-refractivity contribution in [2.24, 2.45) is 0 Å². The summed E-state index contributed by atoms with van der Waals surface area (Å²) in [7, 11) is 1.58. The van der Waals surface area contributed by atoms with Crippen LogP contribution in [-0.4, -0.2) is 35.2 Å². The van der Waals surface area contributed by atoms with Gasteiger partial charge in [-0.15, -0.1) is 0 Å². The molecule has 2 rings (SSSR count). The Bertz CT molecular complexity index is 758. The number of Topliss-reactive ketones (excluding diaryl/α,β-unsaturated/α-hetero) is 1. The van der Waals surface area contributed by atoms with Gasteiger partial charge in [0, 0.05) is 12.6 Å². The lowest BCUT2D eigenvalue weighted by Crippen LogP contribution is -2.22. The van der Waals surface area contributed by atoms with Crippen LogP contribution in [0.2, 0.25) is 0 Å². The van der Waals surface area contributed by atoms with Gasteiger partial charge in [-0.3, -0.25) is 14.3 Å². The van der Waals surface area contributed by atoms with Gasteiger partial charge in [-0.05, 0) is 45.0 Å². The zero-order valence-corrected chi connectivity index (χ0v) is 15.1. The number of nitrogens with one attached hydrogen (secondary N) is 1. The monoisotopic (exact) mass is 345 g/mol. The summed E-state index contributed by atoms with van der Waals surface area (Å²) in [5, 5.41) is 6.98. The van der Waals surface area contributed by atoms with E-state index in [9.17, 15) is 9.59 Å². The molecule has 0 spiro atoms. The first-order valence-corrected chi connectivity index (χ1v) is 7.88. The Hall–Kier alpha value is -2.83. The fourth-order valence-corrected chi connectivity index (χ4v) is 2.07. The van der Waals surface area contributed by atoms with Crippen molar-refractivity contribution < 1.29 is 19.1 Å². The number of benzene rings is 1. The molecular formula is C18H23N3O4. The predicted octanol–water partition coefficient (Wildman–Crippen LogP) is 2.87. The van der Waals surface area contributed by atoms with Crippen molar-refractivity contribution in [2.45, 2.75) is 33.2 Å². The van der Waals surface area contributed by atoms with Crippen LogP contribution in [0, 0.1) is 0 Å².